The Kier molecular flexibility index (Phi) is 6.21. The second-order valence-electron chi connectivity index (χ2n) is 9.06. The highest BCUT2D eigenvalue weighted by Crippen LogP contribution is 2.48. The van der Waals surface area contributed by atoms with Gasteiger partial charge < -0.3 is 0 Å². The summed E-state index contributed by atoms with van der Waals surface area (Å²) in [5.41, 5.74) is 4.03. The van der Waals surface area contributed by atoms with Gasteiger partial charge in [-0.05, 0) is 78.9 Å². The molecule has 6 rings (SSSR count). The molecule has 2 aliphatic rings. The van der Waals surface area contributed by atoms with Gasteiger partial charge in [0.2, 0.25) is 0 Å². The molecule has 0 bridgehead atoms. The van der Waals surface area contributed by atoms with Crippen molar-refractivity contribution in [2.24, 2.45) is 5.41 Å². The summed E-state index contributed by atoms with van der Waals surface area (Å²) in [6.07, 6.45) is 7.11. The Hall–Kier alpha value is -2.90. The summed E-state index contributed by atoms with van der Waals surface area (Å²) in [6, 6.07) is 21.2. The van der Waals surface area contributed by atoms with Crippen LogP contribution >= 0.6 is 35.1 Å². The largest absolute Gasteiger partial charge is 0.291 e. The van der Waals surface area contributed by atoms with Gasteiger partial charge in [0.25, 0.3) is 0 Å². The highest BCUT2D eigenvalue weighted by Gasteiger charge is 2.49. The standard InChI is InChI=1S/C28H22Cl2N4OS/c29-23-10-9-22(15-24(23)30)36-33-13-11-20-14-26-19(17-32-34(26)21-6-2-1-3-7-21)16-28(20,18-33)27(35)25-8-4-5-12-31-25/h1-10,12,14-15,17H,11,13,16,18H2. The fourth-order valence-corrected chi connectivity index (χ4v) is 6.52. The molecule has 2 aromatic carbocycles. The van der Waals surface area contributed by atoms with E-state index in [2.05, 4.69) is 15.4 Å². The second-order valence-corrected chi connectivity index (χ2v) is 11.0. The monoisotopic (exact) mass is 532 g/mol. The maximum Gasteiger partial charge on any atom is 0.192 e. The number of benzene rings is 2. The molecular formula is C28H22Cl2N4OS. The SMILES string of the molecule is O=C(c1ccccn1)C12Cc3cnn(-c4ccccc4)c3C=C1CCN(Sc1ccc(Cl)c(Cl)c1)C2. The van der Waals surface area contributed by atoms with Crippen LogP contribution in [-0.4, -0.2) is 37.9 Å². The Bertz CT molecular complexity index is 1470. The summed E-state index contributed by atoms with van der Waals surface area (Å²) < 4.78 is 4.22. The van der Waals surface area contributed by atoms with Crippen molar-refractivity contribution in [2.45, 2.75) is 17.7 Å². The van der Waals surface area contributed by atoms with Crippen molar-refractivity contribution in [1.82, 2.24) is 19.1 Å². The topological polar surface area (TPSA) is 51.0 Å². The number of aromatic nitrogens is 3. The molecule has 36 heavy (non-hydrogen) atoms. The van der Waals surface area contributed by atoms with Crippen LogP contribution in [0.1, 0.15) is 28.2 Å². The molecule has 2 aromatic heterocycles. The zero-order valence-electron chi connectivity index (χ0n) is 19.3. The molecule has 1 aliphatic carbocycles. The summed E-state index contributed by atoms with van der Waals surface area (Å²) in [5, 5.41) is 5.74. The number of hydrogen-bond donors (Lipinski definition) is 0. The van der Waals surface area contributed by atoms with Crippen molar-refractivity contribution in [1.29, 1.82) is 0 Å². The number of rotatable bonds is 5. The minimum Gasteiger partial charge on any atom is -0.291 e. The van der Waals surface area contributed by atoms with Gasteiger partial charge in [-0.3, -0.25) is 9.78 Å². The van der Waals surface area contributed by atoms with Crippen LogP contribution in [-0.2, 0) is 6.42 Å². The van der Waals surface area contributed by atoms with Crippen LogP contribution in [0.4, 0.5) is 0 Å². The summed E-state index contributed by atoms with van der Waals surface area (Å²) in [5.74, 6) is 0.0481. The lowest BCUT2D eigenvalue weighted by Crippen LogP contribution is -2.49. The first-order valence-corrected chi connectivity index (χ1v) is 13.2. The van der Waals surface area contributed by atoms with Crippen LogP contribution in [0.2, 0.25) is 10.0 Å². The van der Waals surface area contributed by atoms with Gasteiger partial charge in [0.05, 0.1) is 33.0 Å². The first-order valence-electron chi connectivity index (χ1n) is 11.7. The first-order chi connectivity index (χ1) is 17.5. The zero-order valence-corrected chi connectivity index (χ0v) is 21.6. The average Bonchev–Trinajstić information content (AvgIpc) is 3.32. The highest BCUT2D eigenvalue weighted by atomic mass is 35.5. The average molecular weight is 533 g/mol. The van der Waals surface area contributed by atoms with Crippen LogP contribution in [0.15, 0.2) is 89.6 Å². The molecule has 0 saturated carbocycles. The number of nitrogens with zero attached hydrogens (tertiary/aromatic N) is 4. The van der Waals surface area contributed by atoms with Gasteiger partial charge in [-0.2, -0.15) is 5.10 Å². The molecule has 0 N–H and O–H groups in total. The third-order valence-corrected chi connectivity index (χ3v) is 8.61. The molecule has 1 unspecified atom stereocenters. The maximum absolute atomic E-state index is 14.1. The van der Waals surface area contributed by atoms with Gasteiger partial charge in [-0.25, -0.2) is 8.99 Å². The number of Topliss-reactive ketones (excluding diaryl/α,β-unsaturated/α-hetero) is 1. The number of piperidine rings is 1. The van der Waals surface area contributed by atoms with Crippen molar-refractivity contribution in [3.63, 3.8) is 0 Å². The van der Waals surface area contributed by atoms with Gasteiger partial charge in [-0.1, -0.05) is 53.0 Å². The minimum absolute atomic E-state index is 0.0481. The van der Waals surface area contributed by atoms with Gasteiger partial charge in [-0.15, -0.1) is 0 Å². The van der Waals surface area contributed by atoms with Crippen molar-refractivity contribution in [3.05, 3.63) is 112 Å². The molecule has 8 heteroatoms. The molecule has 5 nitrogen and oxygen atoms in total. The van der Waals surface area contributed by atoms with Gasteiger partial charge >= 0.3 is 0 Å². The van der Waals surface area contributed by atoms with Crippen molar-refractivity contribution >= 4 is 47.0 Å². The molecule has 3 heterocycles. The number of ketones is 1. The van der Waals surface area contributed by atoms with E-state index in [4.69, 9.17) is 28.3 Å². The molecule has 1 saturated heterocycles. The molecule has 0 radical (unpaired) electrons. The molecular weight excluding hydrogens is 511 g/mol. The predicted molar refractivity (Wildman–Crippen MR) is 145 cm³/mol. The first kappa shape index (κ1) is 23.5. The lowest BCUT2D eigenvalue weighted by molar-refractivity contribution is 0.0775. The maximum atomic E-state index is 14.1. The Morgan fingerprint density at radius 1 is 1.00 bits per heavy atom. The fraction of sp³-hybridized carbons (Fsp3) is 0.179. The van der Waals surface area contributed by atoms with E-state index in [1.54, 1.807) is 24.2 Å². The van der Waals surface area contributed by atoms with E-state index in [1.807, 2.05) is 71.5 Å². The molecule has 1 atom stereocenters. The number of carbonyl (C=O) groups excluding carboxylic acids is 1. The predicted octanol–water partition coefficient (Wildman–Crippen LogP) is 6.80. The van der Waals surface area contributed by atoms with Crippen molar-refractivity contribution in [2.75, 3.05) is 13.1 Å². The molecule has 0 amide bonds. The Morgan fingerprint density at radius 2 is 1.83 bits per heavy atom. The molecule has 1 fully saturated rings. The van der Waals surface area contributed by atoms with Crippen molar-refractivity contribution in [3.8, 4) is 5.69 Å². The van der Waals surface area contributed by atoms with Crippen molar-refractivity contribution < 1.29 is 4.79 Å². The third-order valence-electron chi connectivity index (χ3n) is 6.84. The van der Waals surface area contributed by atoms with E-state index in [9.17, 15) is 4.79 Å². The number of halogens is 2. The van der Waals surface area contributed by atoms with E-state index < -0.39 is 5.41 Å². The highest BCUT2D eigenvalue weighted by molar-refractivity contribution is 7.97. The molecule has 0 spiro atoms. The minimum atomic E-state index is -0.715. The van der Waals surface area contributed by atoms with Crippen LogP contribution in [0.25, 0.3) is 11.8 Å². The van der Waals surface area contributed by atoms with E-state index in [-0.39, 0.29) is 5.78 Å². The second kappa shape index (κ2) is 9.52. The van der Waals surface area contributed by atoms with Gasteiger partial charge in [0.15, 0.2) is 5.78 Å². The number of hydrogen-bond acceptors (Lipinski definition) is 5. The van der Waals surface area contributed by atoms with Gasteiger partial charge in [0.1, 0.15) is 5.69 Å². The Balaban J connectivity index is 1.39. The lowest BCUT2D eigenvalue weighted by Gasteiger charge is -2.44. The summed E-state index contributed by atoms with van der Waals surface area (Å²) >= 11 is 14.0. The van der Waals surface area contributed by atoms with E-state index >= 15 is 0 Å². The van der Waals surface area contributed by atoms with Crippen LogP contribution < -0.4 is 0 Å². The molecule has 180 valence electrons. The fourth-order valence-electron chi connectivity index (χ4n) is 5.09. The molecule has 4 aromatic rings. The number of carbonyl (C=O) groups is 1. The number of pyridine rings is 1. The van der Waals surface area contributed by atoms with E-state index in [0.29, 0.717) is 28.7 Å². The zero-order chi connectivity index (χ0) is 24.7. The third kappa shape index (κ3) is 4.18. The quantitative estimate of drug-likeness (QED) is 0.209. The van der Waals surface area contributed by atoms with E-state index in [0.717, 1.165) is 40.4 Å². The summed E-state index contributed by atoms with van der Waals surface area (Å²) in [6.45, 7) is 1.37. The van der Waals surface area contributed by atoms with Crippen LogP contribution in [0, 0.1) is 5.41 Å². The van der Waals surface area contributed by atoms with E-state index in [1.165, 1.54) is 0 Å². The Labute approximate surface area is 223 Å². The normalized spacial score (nSPS) is 19.3. The smallest absolute Gasteiger partial charge is 0.192 e. The molecule has 1 aliphatic heterocycles. The summed E-state index contributed by atoms with van der Waals surface area (Å²) in [7, 11) is 0. The van der Waals surface area contributed by atoms with Crippen LogP contribution in [0.3, 0.4) is 0 Å². The number of para-hydroxylation sites is 1. The van der Waals surface area contributed by atoms with Crippen LogP contribution in [0.5, 0.6) is 0 Å². The number of fused-ring (bicyclic) bond motifs is 2. The lowest BCUT2D eigenvalue weighted by atomic mass is 9.65. The van der Waals surface area contributed by atoms with Gasteiger partial charge in [0, 0.05) is 24.2 Å². The summed E-state index contributed by atoms with van der Waals surface area (Å²) in [4.78, 5) is 19.5. The Morgan fingerprint density at radius 3 is 2.61 bits per heavy atom.